The summed E-state index contributed by atoms with van der Waals surface area (Å²) in [5.41, 5.74) is 0.962. The third kappa shape index (κ3) is 4.58. The highest BCUT2D eigenvalue weighted by atomic mass is 32.2. The molecule has 1 aromatic carbocycles. The zero-order chi connectivity index (χ0) is 14.3. The second-order valence-electron chi connectivity index (χ2n) is 4.32. The minimum absolute atomic E-state index is 0.00926. The van der Waals surface area contributed by atoms with Crippen LogP contribution >= 0.6 is 0 Å². The molecule has 108 valence electrons. The highest BCUT2D eigenvalue weighted by Gasteiger charge is 2.25. The largest absolute Gasteiger partial charge is 0.396 e. The van der Waals surface area contributed by atoms with Crippen LogP contribution in [0.1, 0.15) is 18.9 Å². The van der Waals surface area contributed by atoms with Crippen molar-refractivity contribution < 1.29 is 13.5 Å². The van der Waals surface area contributed by atoms with Crippen molar-refractivity contribution in [2.24, 2.45) is 0 Å². The number of hydrogen-bond acceptors (Lipinski definition) is 3. The van der Waals surface area contributed by atoms with E-state index in [1.54, 1.807) is 7.05 Å². The van der Waals surface area contributed by atoms with E-state index in [4.69, 9.17) is 5.11 Å². The van der Waals surface area contributed by atoms with Gasteiger partial charge in [-0.15, -0.1) is 0 Å². The number of aliphatic hydroxyl groups is 1. The highest BCUT2D eigenvalue weighted by molar-refractivity contribution is 7.86. The smallest absolute Gasteiger partial charge is 0.282 e. The van der Waals surface area contributed by atoms with Crippen molar-refractivity contribution in [1.29, 1.82) is 0 Å². The lowest BCUT2D eigenvalue weighted by molar-refractivity contribution is 0.271. The van der Waals surface area contributed by atoms with Crippen LogP contribution in [0.2, 0.25) is 0 Å². The van der Waals surface area contributed by atoms with E-state index in [1.807, 2.05) is 37.3 Å². The molecular formula is C13H22N2O3S. The van der Waals surface area contributed by atoms with Crippen molar-refractivity contribution in [3.63, 3.8) is 0 Å². The van der Waals surface area contributed by atoms with Gasteiger partial charge in [0.2, 0.25) is 0 Å². The molecule has 1 rings (SSSR count). The van der Waals surface area contributed by atoms with Gasteiger partial charge in [0.05, 0.1) is 0 Å². The number of nitrogens with zero attached hydrogens (tertiary/aromatic N) is 2. The van der Waals surface area contributed by atoms with Crippen molar-refractivity contribution >= 4 is 10.2 Å². The van der Waals surface area contributed by atoms with E-state index < -0.39 is 10.2 Å². The van der Waals surface area contributed by atoms with E-state index in [0.717, 1.165) is 5.56 Å². The van der Waals surface area contributed by atoms with Crippen molar-refractivity contribution in [3.05, 3.63) is 35.9 Å². The first kappa shape index (κ1) is 16.1. The van der Waals surface area contributed by atoms with Gasteiger partial charge in [0.15, 0.2) is 0 Å². The predicted molar refractivity (Wildman–Crippen MR) is 75.8 cm³/mol. The van der Waals surface area contributed by atoms with E-state index in [-0.39, 0.29) is 6.61 Å². The van der Waals surface area contributed by atoms with E-state index in [0.29, 0.717) is 26.1 Å². The highest BCUT2D eigenvalue weighted by Crippen LogP contribution is 2.12. The SMILES string of the molecule is CCN(Cc1ccccc1)S(=O)(=O)N(C)CCCO. The van der Waals surface area contributed by atoms with Gasteiger partial charge in [0.1, 0.15) is 0 Å². The zero-order valence-corrected chi connectivity index (χ0v) is 12.3. The van der Waals surface area contributed by atoms with Crippen LogP contribution in [0.5, 0.6) is 0 Å². The van der Waals surface area contributed by atoms with Gasteiger partial charge in [0, 0.05) is 33.3 Å². The molecular weight excluding hydrogens is 264 g/mol. The van der Waals surface area contributed by atoms with Gasteiger partial charge in [0.25, 0.3) is 10.2 Å². The van der Waals surface area contributed by atoms with E-state index >= 15 is 0 Å². The molecule has 0 heterocycles. The molecule has 0 atom stereocenters. The molecule has 0 aliphatic rings. The fourth-order valence-electron chi connectivity index (χ4n) is 1.75. The monoisotopic (exact) mass is 286 g/mol. The molecule has 0 amide bonds. The van der Waals surface area contributed by atoms with Crippen LogP contribution in [0.4, 0.5) is 0 Å². The van der Waals surface area contributed by atoms with Crippen LogP contribution in [0.3, 0.4) is 0 Å². The molecule has 0 aliphatic carbocycles. The zero-order valence-electron chi connectivity index (χ0n) is 11.5. The summed E-state index contributed by atoms with van der Waals surface area (Å²) in [7, 11) is -1.93. The number of rotatable bonds is 8. The van der Waals surface area contributed by atoms with Crippen molar-refractivity contribution in [2.75, 3.05) is 26.7 Å². The average molecular weight is 286 g/mol. The minimum atomic E-state index is -3.47. The van der Waals surface area contributed by atoms with E-state index in [1.165, 1.54) is 8.61 Å². The standard InChI is InChI=1S/C13H22N2O3S/c1-3-15(12-13-8-5-4-6-9-13)19(17,18)14(2)10-7-11-16/h4-6,8-9,16H,3,7,10-12H2,1-2H3. The Morgan fingerprint density at radius 1 is 1.21 bits per heavy atom. The molecule has 0 saturated carbocycles. The summed E-state index contributed by atoms with van der Waals surface area (Å²) >= 11 is 0. The lowest BCUT2D eigenvalue weighted by atomic mass is 10.2. The fourth-order valence-corrected chi connectivity index (χ4v) is 3.14. The Hall–Kier alpha value is -0.950. The summed E-state index contributed by atoms with van der Waals surface area (Å²) in [6.07, 6.45) is 0.443. The quantitative estimate of drug-likeness (QED) is 0.777. The third-order valence-corrected chi connectivity index (χ3v) is 4.92. The van der Waals surface area contributed by atoms with Gasteiger partial charge >= 0.3 is 0 Å². The molecule has 0 unspecified atom stereocenters. The van der Waals surface area contributed by atoms with E-state index in [2.05, 4.69) is 0 Å². The first-order chi connectivity index (χ1) is 9.02. The molecule has 0 radical (unpaired) electrons. The Labute approximate surface area is 115 Å². The summed E-state index contributed by atoms with van der Waals surface area (Å²) in [4.78, 5) is 0. The lowest BCUT2D eigenvalue weighted by Gasteiger charge is -2.26. The molecule has 0 aliphatic heterocycles. The normalized spacial score (nSPS) is 12.3. The second-order valence-corrected chi connectivity index (χ2v) is 6.35. The van der Waals surface area contributed by atoms with Gasteiger partial charge in [-0.3, -0.25) is 0 Å². The molecule has 1 aromatic rings. The van der Waals surface area contributed by atoms with Crippen LogP contribution in [0.15, 0.2) is 30.3 Å². The molecule has 0 saturated heterocycles. The summed E-state index contributed by atoms with van der Waals surface area (Å²) < 4.78 is 27.4. The fraction of sp³-hybridized carbons (Fsp3) is 0.538. The first-order valence-electron chi connectivity index (χ1n) is 6.38. The molecule has 0 spiro atoms. The second kappa shape index (κ2) is 7.59. The Bertz CT molecular complexity index is 462. The summed E-state index contributed by atoms with van der Waals surface area (Å²) in [6, 6.07) is 9.51. The van der Waals surface area contributed by atoms with Crippen LogP contribution in [-0.2, 0) is 16.8 Å². The average Bonchev–Trinajstić information content (AvgIpc) is 2.42. The summed E-state index contributed by atoms with van der Waals surface area (Å²) in [5.74, 6) is 0. The maximum absolute atomic E-state index is 12.3. The first-order valence-corrected chi connectivity index (χ1v) is 7.78. The van der Waals surface area contributed by atoms with Crippen molar-refractivity contribution in [2.45, 2.75) is 19.9 Å². The van der Waals surface area contributed by atoms with Crippen molar-refractivity contribution in [1.82, 2.24) is 8.61 Å². The molecule has 0 bridgehead atoms. The van der Waals surface area contributed by atoms with Gasteiger partial charge in [-0.05, 0) is 12.0 Å². The predicted octanol–water partition coefficient (Wildman–Crippen LogP) is 1.07. The topological polar surface area (TPSA) is 60.9 Å². The van der Waals surface area contributed by atoms with Gasteiger partial charge < -0.3 is 5.11 Å². The van der Waals surface area contributed by atoms with E-state index in [9.17, 15) is 8.42 Å². The molecule has 0 aromatic heterocycles. The minimum Gasteiger partial charge on any atom is -0.396 e. The van der Waals surface area contributed by atoms with Crippen molar-refractivity contribution in [3.8, 4) is 0 Å². The van der Waals surface area contributed by atoms with Crippen LogP contribution in [0.25, 0.3) is 0 Å². The molecule has 5 nitrogen and oxygen atoms in total. The number of hydrogen-bond donors (Lipinski definition) is 1. The van der Waals surface area contributed by atoms with Gasteiger partial charge in [-0.1, -0.05) is 37.3 Å². The third-order valence-electron chi connectivity index (χ3n) is 2.91. The van der Waals surface area contributed by atoms with Crippen LogP contribution < -0.4 is 0 Å². The Morgan fingerprint density at radius 3 is 2.37 bits per heavy atom. The van der Waals surface area contributed by atoms with Gasteiger partial charge in [-0.25, -0.2) is 0 Å². The summed E-state index contributed by atoms with van der Waals surface area (Å²) in [5, 5.41) is 8.78. The number of benzene rings is 1. The molecule has 1 N–H and O–H groups in total. The maximum atomic E-state index is 12.3. The summed E-state index contributed by atoms with van der Waals surface area (Å²) in [6.45, 7) is 2.92. The van der Waals surface area contributed by atoms with Crippen LogP contribution in [-0.4, -0.2) is 48.9 Å². The Morgan fingerprint density at radius 2 is 1.84 bits per heavy atom. The molecule has 6 heteroatoms. The van der Waals surface area contributed by atoms with Crippen LogP contribution in [0, 0.1) is 0 Å². The maximum Gasteiger partial charge on any atom is 0.282 e. The lowest BCUT2D eigenvalue weighted by Crippen LogP contribution is -2.41. The molecule has 19 heavy (non-hydrogen) atoms. The van der Waals surface area contributed by atoms with Gasteiger partial charge in [-0.2, -0.15) is 17.0 Å². The molecule has 0 fully saturated rings. The number of aliphatic hydroxyl groups excluding tert-OH is 1. The Balaban J connectivity index is 2.78. The Kier molecular flexibility index (Phi) is 6.44.